The third-order valence-electron chi connectivity index (χ3n) is 5.04. The summed E-state index contributed by atoms with van der Waals surface area (Å²) in [4.78, 5) is 30.3. The van der Waals surface area contributed by atoms with Gasteiger partial charge in [-0.25, -0.2) is 0 Å². The SMILES string of the molecule is CC(=O)c1c(C)[nH]c(C(=O)N(C[C@H]2CCCO2)[C@H]2CCSC2)c1C. The van der Waals surface area contributed by atoms with Crippen LogP contribution in [0.3, 0.4) is 0 Å². The third kappa shape index (κ3) is 3.40. The number of nitrogens with one attached hydrogen (secondary N) is 1. The highest BCUT2D eigenvalue weighted by atomic mass is 32.2. The minimum atomic E-state index is 0.00222. The first-order valence-electron chi connectivity index (χ1n) is 8.69. The molecule has 0 bridgehead atoms. The molecule has 5 nitrogen and oxygen atoms in total. The van der Waals surface area contributed by atoms with Crippen LogP contribution in [0.1, 0.15) is 58.3 Å². The lowest BCUT2D eigenvalue weighted by Crippen LogP contribution is -2.45. The number of aromatic nitrogens is 1. The standard InChI is InChI=1S/C18H26N2O3S/c1-11-16(13(3)21)12(2)19-17(11)18(22)20(14-6-8-24-10-14)9-15-5-4-7-23-15/h14-15,19H,4-10H2,1-3H3/t14-,15+/m0/s1. The summed E-state index contributed by atoms with van der Waals surface area (Å²) < 4.78 is 5.76. The van der Waals surface area contributed by atoms with Crippen molar-refractivity contribution < 1.29 is 14.3 Å². The van der Waals surface area contributed by atoms with E-state index in [1.54, 1.807) is 6.92 Å². The van der Waals surface area contributed by atoms with Gasteiger partial charge in [-0.05, 0) is 51.3 Å². The number of ketones is 1. The molecule has 3 heterocycles. The molecule has 24 heavy (non-hydrogen) atoms. The van der Waals surface area contributed by atoms with Crippen molar-refractivity contribution in [2.75, 3.05) is 24.7 Å². The molecule has 1 amide bonds. The van der Waals surface area contributed by atoms with Crippen molar-refractivity contribution in [2.45, 2.75) is 52.2 Å². The zero-order valence-corrected chi connectivity index (χ0v) is 15.5. The minimum absolute atomic E-state index is 0.00222. The van der Waals surface area contributed by atoms with Gasteiger partial charge in [-0.2, -0.15) is 11.8 Å². The van der Waals surface area contributed by atoms with E-state index >= 15 is 0 Å². The fourth-order valence-electron chi connectivity index (χ4n) is 3.81. The van der Waals surface area contributed by atoms with Gasteiger partial charge in [0.1, 0.15) is 5.69 Å². The van der Waals surface area contributed by atoms with Gasteiger partial charge < -0.3 is 14.6 Å². The van der Waals surface area contributed by atoms with Crippen molar-refractivity contribution in [3.05, 3.63) is 22.5 Å². The molecule has 2 aliphatic rings. The Kier molecular flexibility index (Phi) is 5.35. The molecule has 2 aliphatic heterocycles. The van der Waals surface area contributed by atoms with Crippen LogP contribution in [0.5, 0.6) is 0 Å². The van der Waals surface area contributed by atoms with Crippen LogP contribution in [-0.4, -0.2) is 58.4 Å². The van der Waals surface area contributed by atoms with Crippen LogP contribution in [0.15, 0.2) is 0 Å². The molecule has 1 aromatic heterocycles. The zero-order valence-electron chi connectivity index (χ0n) is 14.7. The lowest BCUT2D eigenvalue weighted by atomic mass is 10.1. The van der Waals surface area contributed by atoms with Crippen LogP contribution in [0, 0.1) is 13.8 Å². The molecule has 2 saturated heterocycles. The Hall–Kier alpha value is -1.27. The summed E-state index contributed by atoms with van der Waals surface area (Å²) >= 11 is 1.90. The van der Waals surface area contributed by atoms with Crippen molar-refractivity contribution in [3.8, 4) is 0 Å². The fourth-order valence-corrected chi connectivity index (χ4v) is 5.03. The number of hydrogen-bond acceptors (Lipinski definition) is 4. The topological polar surface area (TPSA) is 62.4 Å². The van der Waals surface area contributed by atoms with E-state index in [1.807, 2.05) is 30.5 Å². The van der Waals surface area contributed by atoms with Gasteiger partial charge in [0.05, 0.1) is 6.10 Å². The average molecular weight is 350 g/mol. The molecule has 3 rings (SSSR count). The van der Waals surface area contributed by atoms with E-state index in [1.165, 1.54) is 0 Å². The van der Waals surface area contributed by atoms with E-state index < -0.39 is 0 Å². The molecular weight excluding hydrogens is 324 g/mol. The normalized spacial score (nSPS) is 23.6. The lowest BCUT2D eigenvalue weighted by molar-refractivity contribution is 0.0437. The van der Waals surface area contributed by atoms with E-state index in [2.05, 4.69) is 4.98 Å². The second kappa shape index (κ2) is 7.31. The van der Waals surface area contributed by atoms with Crippen LogP contribution in [0.25, 0.3) is 0 Å². The Labute approximate surface area is 147 Å². The van der Waals surface area contributed by atoms with E-state index in [9.17, 15) is 9.59 Å². The van der Waals surface area contributed by atoms with Crippen LogP contribution in [0.4, 0.5) is 0 Å². The molecule has 0 radical (unpaired) electrons. The number of carbonyl (C=O) groups is 2. The molecule has 2 fully saturated rings. The Morgan fingerprint density at radius 3 is 2.67 bits per heavy atom. The summed E-state index contributed by atoms with van der Waals surface area (Å²) in [5, 5.41) is 0. The second-order valence-electron chi connectivity index (χ2n) is 6.79. The Morgan fingerprint density at radius 2 is 2.12 bits per heavy atom. The van der Waals surface area contributed by atoms with Crippen LogP contribution >= 0.6 is 11.8 Å². The quantitative estimate of drug-likeness (QED) is 0.830. The number of aryl methyl sites for hydroxylation is 1. The Morgan fingerprint density at radius 1 is 1.33 bits per heavy atom. The summed E-state index contributed by atoms with van der Waals surface area (Å²) in [6.45, 7) is 6.71. The number of Topliss-reactive ketones (excluding diaryl/α,β-unsaturated/α-hetero) is 1. The number of amides is 1. The van der Waals surface area contributed by atoms with E-state index in [0.717, 1.165) is 48.6 Å². The van der Waals surface area contributed by atoms with E-state index in [4.69, 9.17) is 4.74 Å². The first-order valence-corrected chi connectivity index (χ1v) is 9.85. The highest BCUT2D eigenvalue weighted by Crippen LogP contribution is 2.27. The fraction of sp³-hybridized carbons (Fsp3) is 0.667. The Bertz CT molecular complexity index is 628. The van der Waals surface area contributed by atoms with Crippen molar-refractivity contribution in [2.24, 2.45) is 0 Å². The highest BCUT2D eigenvalue weighted by molar-refractivity contribution is 7.99. The maximum atomic E-state index is 13.2. The predicted molar refractivity (Wildman–Crippen MR) is 96.0 cm³/mol. The van der Waals surface area contributed by atoms with Gasteiger partial charge in [0.25, 0.3) is 5.91 Å². The largest absolute Gasteiger partial charge is 0.376 e. The average Bonchev–Trinajstić information content (AvgIpc) is 3.25. The smallest absolute Gasteiger partial charge is 0.270 e. The van der Waals surface area contributed by atoms with Gasteiger partial charge >= 0.3 is 0 Å². The summed E-state index contributed by atoms with van der Waals surface area (Å²) in [6.07, 6.45) is 3.26. The minimum Gasteiger partial charge on any atom is -0.376 e. The summed E-state index contributed by atoms with van der Waals surface area (Å²) in [5.74, 6) is 2.09. The first kappa shape index (κ1) is 17.5. The van der Waals surface area contributed by atoms with Crippen molar-refractivity contribution >= 4 is 23.5 Å². The second-order valence-corrected chi connectivity index (χ2v) is 7.94. The number of rotatable bonds is 5. The molecule has 0 saturated carbocycles. The molecule has 1 aromatic rings. The van der Waals surface area contributed by atoms with Gasteiger partial charge in [0.2, 0.25) is 0 Å². The zero-order chi connectivity index (χ0) is 17.3. The van der Waals surface area contributed by atoms with E-state index in [-0.39, 0.29) is 23.8 Å². The van der Waals surface area contributed by atoms with Crippen LogP contribution in [-0.2, 0) is 4.74 Å². The monoisotopic (exact) mass is 350 g/mol. The highest BCUT2D eigenvalue weighted by Gasteiger charge is 2.33. The molecule has 0 aliphatic carbocycles. The molecular formula is C18H26N2O3S. The molecule has 2 atom stereocenters. The number of ether oxygens (including phenoxy) is 1. The first-order chi connectivity index (χ1) is 11.5. The van der Waals surface area contributed by atoms with Crippen molar-refractivity contribution in [1.82, 2.24) is 9.88 Å². The number of hydrogen-bond donors (Lipinski definition) is 1. The summed E-state index contributed by atoms with van der Waals surface area (Å²) in [5.41, 5.74) is 2.76. The van der Waals surface area contributed by atoms with Crippen LogP contribution < -0.4 is 0 Å². The van der Waals surface area contributed by atoms with Gasteiger partial charge in [-0.1, -0.05) is 0 Å². The maximum Gasteiger partial charge on any atom is 0.270 e. The van der Waals surface area contributed by atoms with Gasteiger partial charge in [0.15, 0.2) is 5.78 Å². The molecule has 0 unspecified atom stereocenters. The summed E-state index contributed by atoms with van der Waals surface area (Å²) in [7, 11) is 0. The molecule has 1 N–H and O–H groups in total. The maximum absolute atomic E-state index is 13.2. The Balaban J connectivity index is 1.87. The lowest BCUT2D eigenvalue weighted by Gasteiger charge is -2.30. The van der Waals surface area contributed by atoms with Crippen molar-refractivity contribution in [3.63, 3.8) is 0 Å². The van der Waals surface area contributed by atoms with Crippen LogP contribution in [0.2, 0.25) is 0 Å². The molecule has 0 spiro atoms. The third-order valence-corrected chi connectivity index (χ3v) is 6.18. The predicted octanol–water partition coefficient (Wildman–Crippen LogP) is 2.96. The summed E-state index contributed by atoms with van der Waals surface area (Å²) in [6, 6.07) is 0.260. The number of thioether (sulfide) groups is 1. The van der Waals surface area contributed by atoms with E-state index in [0.29, 0.717) is 17.8 Å². The molecule has 0 aromatic carbocycles. The number of carbonyl (C=O) groups excluding carboxylic acids is 2. The molecule has 6 heteroatoms. The number of aromatic amines is 1. The number of nitrogens with zero attached hydrogens (tertiary/aromatic N) is 1. The van der Waals surface area contributed by atoms with Crippen molar-refractivity contribution in [1.29, 1.82) is 0 Å². The van der Waals surface area contributed by atoms with Gasteiger partial charge in [-0.3, -0.25) is 9.59 Å². The van der Waals surface area contributed by atoms with Gasteiger partial charge in [-0.15, -0.1) is 0 Å². The number of H-pyrrole nitrogens is 1. The van der Waals surface area contributed by atoms with Gasteiger partial charge in [0, 0.05) is 36.2 Å². The molecule has 132 valence electrons.